The molecule has 1 aliphatic rings. The predicted molar refractivity (Wildman–Crippen MR) is 74.7 cm³/mol. The Morgan fingerprint density at radius 1 is 1.52 bits per heavy atom. The summed E-state index contributed by atoms with van der Waals surface area (Å²) in [6.07, 6.45) is 2.98. The smallest absolute Gasteiger partial charge is 0.322 e. The summed E-state index contributed by atoms with van der Waals surface area (Å²) in [7, 11) is 0. The third-order valence-electron chi connectivity index (χ3n) is 3.59. The molecule has 1 aromatic heterocycles. The minimum absolute atomic E-state index is 0.229. The zero-order valence-electron chi connectivity index (χ0n) is 11.9. The fourth-order valence-electron chi connectivity index (χ4n) is 2.17. The number of piperidine rings is 1. The van der Waals surface area contributed by atoms with E-state index in [1.807, 2.05) is 4.90 Å². The van der Waals surface area contributed by atoms with Gasteiger partial charge in [0.25, 0.3) is 0 Å². The van der Waals surface area contributed by atoms with Gasteiger partial charge in [-0.3, -0.25) is 9.69 Å². The van der Waals surface area contributed by atoms with Gasteiger partial charge in [-0.1, -0.05) is 0 Å². The number of carboxylic acids is 1. The highest BCUT2D eigenvalue weighted by molar-refractivity contribution is 5.71. The van der Waals surface area contributed by atoms with Crippen molar-refractivity contribution in [3.8, 4) is 0 Å². The summed E-state index contributed by atoms with van der Waals surface area (Å²) in [4.78, 5) is 20.5. The average molecular weight is 296 g/mol. The first-order valence-electron chi connectivity index (χ1n) is 6.76. The summed E-state index contributed by atoms with van der Waals surface area (Å²) in [5, 5.41) is 30.9. The minimum atomic E-state index is -1.03. The number of rotatable bonds is 5. The van der Waals surface area contributed by atoms with E-state index in [9.17, 15) is 15.0 Å². The second-order valence-corrected chi connectivity index (χ2v) is 5.52. The Kier molecular flexibility index (Phi) is 4.71. The van der Waals surface area contributed by atoms with Crippen molar-refractivity contribution in [2.45, 2.75) is 31.6 Å². The van der Waals surface area contributed by atoms with Crippen LogP contribution in [0.4, 0.5) is 5.95 Å². The Morgan fingerprint density at radius 3 is 2.76 bits per heavy atom. The maximum Gasteiger partial charge on any atom is 0.322 e. The van der Waals surface area contributed by atoms with Crippen LogP contribution in [0.2, 0.25) is 0 Å². The number of aromatic nitrogens is 2. The van der Waals surface area contributed by atoms with E-state index in [2.05, 4.69) is 15.3 Å². The van der Waals surface area contributed by atoms with Crippen molar-refractivity contribution < 1.29 is 20.1 Å². The number of nitrogens with zero attached hydrogens (tertiary/aromatic N) is 3. The monoisotopic (exact) mass is 296 g/mol. The summed E-state index contributed by atoms with van der Waals surface area (Å²) >= 11 is 0. The number of hydrogen-bond acceptors (Lipinski definition) is 7. The van der Waals surface area contributed by atoms with Crippen molar-refractivity contribution in [1.29, 1.82) is 0 Å². The second kappa shape index (κ2) is 6.33. The molecule has 2 atom stereocenters. The van der Waals surface area contributed by atoms with Crippen LogP contribution in [-0.4, -0.2) is 67.5 Å². The molecule has 116 valence electrons. The van der Waals surface area contributed by atoms with Crippen molar-refractivity contribution in [2.75, 3.05) is 25.0 Å². The molecule has 0 aromatic carbocycles. The molecular formula is C13H20N4O4. The number of aliphatic carboxylic acids is 1. The molecule has 2 rings (SSSR count). The standard InChI is InChI=1S/C13H20N4O4/c1-13(21)2-3-17(8-10(13)18)7-9-4-14-12(15-5-9)16-6-11(19)20/h4-5,10,18,21H,2-3,6-8H2,1H3,(H,19,20)(H,14,15,16)/t10-,13+/m0/s1. The molecule has 21 heavy (non-hydrogen) atoms. The van der Waals surface area contributed by atoms with Crippen LogP contribution >= 0.6 is 0 Å². The molecule has 1 saturated heterocycles. The largest absolute Gasteiger partial charge is 0.480 e. The van der Waals surface area contributed by atoms with Crippen molar-refractivity contribution in [2.24, 2.45) is 0 Å². The minimum Gasteiger partial charge on any atom is -0.480 e. The lowest BCUT2D eigenvalue weighted by atomic mass is 9.90. The highest BCUT2D eigenvalue weighted by Gasteiger charge is 2.36. The lowest BCUT2D eigenvalue weighted by Gasteiger charge is -2.39. The van der Waals surface area contributed by atoms with Crippen LogP contribution in [0.3, 0.4) is 0 Å². The van der Waals surface area contributed by atoms with E-state index in [4.69, 9.17) is 5.11 Å². The van der Waals surface area contributed by atoms with E-state index in [0.717, 1.165) is 5.56 Å². The van der Waals surface area contributed by atoms with Crippen LogP contribution in [-0.2, 0) is 11.3 Å². The van der Waals surface area contributed by atoms with Gasteiger partial charge in [0, 0.05) is 37.6 Å². The van der Waals surface area contributed by atoms with Crippen molar-refractivity contribution in [3.05, 3.63) is 18.0 Å². The predicted octanol–water partition coefficient (Wildman–Crippen LogP) is -0.709. The zero-order valence-corrected chi connectivity index (χ0v) is 11.9. The Labute approximate surface area is 122 Å². The van der Waals surface area contributed by atoms with Gasteiger partial charge in [0.15, 0.2) is 0 Å². The number of aliphatic hydroxyl groups excluding tert-OH is 1. The number of likely N-dealkylation sites (tertiary alicyclic amines) is 1. The molecule has 8 nitrogen and oxygen atoms in total. The number of carbonyl (C=O) groups is 1. The highest BCUT2D eigenvalue weighted by Crippen LogP contribution is 2.22. The van der Waals surface area contributed by atoms with Gasteiger partial charge in [-0.15, -0.1) is 0 Å². The maximum atomic E-state index is 10.4. The van der Waals surface area contributed by atoms with Gasteiger partial charge < -0.3 is 20.6 Å². The lowest BCUT2D eigenvalue weighted by Crippen LogP contribution is -2.53. The summed E-state index contributed by atoms with van der Waals surface area (Å²) in [6.45, 7) is 3.06. The summed E-state index contributed by atoms with van der Waals surface area (Å²) in [5.41, 5.74) is -0.165. The number of aliphatic hydroxyl groups is 2. The van der Waals surface area contributed by atoms with E-state index in [1.54, 1.807) is 19.3 Å². The van der Waals surface area contributed by atoms with E-state index in [0.29, 0.717) is 26.1 Å². The number of hydrogen-bond donors (Lipinski definition) is 4. The topological polar surface area (TPSA) is 119 Å². The summed E-state index contributed by atoms with van der Waals surface area (Å²) < 4.78 is 0. The molecule has 8 heteroatoms. The van der Waals surface area contributed by atoms with Gasteiger partial charge in [0.05, 0.1) is 11.7 Å². The van der Waals surface area contributed by atoms with E-state index >= 15 is 0 Å². The molecular weight excluding hydrogens is 276 g/mol. The molecule has 0 unspecified atom stereocenters. The summed E-state index contributed by atoms with van der Waals surface area (Å²) in [5.74, 6) is -0.709. The fourth-order valence-corrected chi connectivity index (χ4v) is 2.17. The SMILES string of the molecule is C[C@@]1(O)CCN(Cc2cnc(NCC(=O)O)nc2)C[C@@H]1O. The van der Waals surface area contributed by atoms with Crippen LogP contribution in [0.15, 0.2) is 12.4 Å². The zero-order chi connectivity index (χ0) is 15.5. The van der Waals surface area contributed by atoms with Gasteiger partial charge in [-0.25, -0.2) is 9.97 Å². The molecule has 0 aliphatic carbocycles. The van der Waals surface area contributed by atoms with Crippen LogP contribution in [0.1, 0.15) is 18.9 Å². The fraction of sp³-hybridized carbons (Fsp3) is 0.615. The van der Waals surface area contributed by atoms with E-state index < -0.39 is 17.7 Å². The van der Waals surface area contributed by atoms with Gasteiger partial charge in [-0.2, -0.15) is 0 Å². The number of anilines is 1. The van der Waals surface area contributed by atoms with Gasteiger partial charge in [-0.05, 0) is 13.3 Å². The molecule has 0 bridgehead atoms. The molecule has 0 radical (unpaired) electrons. The quantitative estimate of drug-likeness (QED) is 0.563. The molecule has 4 N–H and O–H groups in total. The van der Waals surface area contributed by atoms with Crippen LogP contribution in [0.5, 0.6) is 0 Å². The first-order valence-corrected chi connectivity index (χ1v) is 6.76. The van der Waals surface area contributed by atoms with Crippen molar-refractivity contribution in [3.63, 3.8) is 0 Å². The molecule has 1 aliphatic heterocycles. The maximum absolute atomic E-state index is 10.4. The van der Waals surface area contributed by atoms with Gasteiger partial charge in [0.2, 0.25) is 5.95 Å². The van der Waals surface area contributed by atoms with Gasteiger partial charge in [0.1, 0.15) is 6.54 Å². The van der Waals surface area contributed by atoms with Crippen LogP contribution in [0.25, 0.3) is 0 Å². The Bertz CT molecular complexity index is 491. The molecule has 2 heterocycles. The number of carboxylic acid groups (broad SMARTS) is 1. The number of nitrogens with one attached hydrogen (secondary N) is 1. The van der Waals surface area contributed by atoms with Crippen molar-refractivity contribution in [1.82, 2.24) is 14.9 Å². The third kappa shape index (κ3) is 4.35. The van der Waals surface area contributed by atoms with Crippen LogP contribution < -0.4 is 5.32 Å². The van der Waals surface area contributed by atoms with Gasteiger partial charge >= 0.3 is 5.97 Å². The first kappa shape index (κ1) is 15.6. The van der Waals surface area contributed by atoms with Crippen molar-refractivity contribution >= 4 is 11.9 Å². The van der Waals surface area contributed by atoms with E-state index in [1.165, 1.54) is 0 Å². The molecule has 1 fully saturated rings. The highest BCUT2D eigenvalue weighted by atomic mass is 16.4. The molecule has 0 saturated carbocycles. The van der Waals surface area contributed by atoms with E-state index in [-0.39, 0.29) is 12.5 Å². The normalized spacial score (nSPS) is 26.5. The molecule has 1 aromatic rings. The molecule has 0 spiro atoms. The third-order valence-corrected chi connectivity index (χ3v) is 3.59. The first-order chi connectivity index (χ1) is 9.87. The lowest BCUT2D eigenvalue weighted by molar-refractivity contribution is -0.134. The number of β-amino-alcohol motifs (C(OH)–C–C–N with tert-alkyl or cyclic N) is 1. The second-order valence-electron chi connectivity index (χ2n) is 5.52. The molecule has 0 amide bonds. The Hall–Kier alpha value is -1.77. The van der Waals surface area contributed by atoms with Crippen LogP contribution in [0, 0.1) is 0 Å². The Morgan fingerprint density at radius 2 is 2.19 bits per heavy atom. The average Bonchev–Trinajstić information content (AvgIpc) is 2.42. The summed E-state index contributed by atoms with van der Waals surface area (Å²) in [6, 6.07) is 0. The Balaban J connectivity index is 1.87.